The second kappa shape index (κ2) is 8.17. The lowest BCUT2D eigenvalue weighted by Crippen LogP contribution is -2.32. The molecule has 1 amide bonds. The van der Waals surface area contributed by atoms with Gasteiger partial charge in [0, 0.05) is 19.5 Å². The van der Waals surface area contributed by atoms with Gasteiger partial charge in [-0.15, -0.1) is 0 Å². The largest absolute Gasteiger partial charge is 0.339 e. The van der Waals surface area contributed by atoms with Crippen LogP contribution in [0.25, 0.3) is 0 Å². The number of nitrogens with zero attached hydrogens (tertiary/aromatic N) is 1. The van der Waals surface area contributed by atoms with E-state index in [-0.39, 0.29) is 29.8 Å². The summed E-state index contributed by atoms with van der Waals surface area (Å²) >= 11 is 0. The number of sulfone groups is 1. The van der Waals surface area contributed by atoms with Crippen LogP contribution in [0.4, 0.5) is 0 Å². The van der Waals surface area contributed by atoms with Gasteiger partial charge >= 0.3 is 0 Å². The van der Waals surface area contributed by atoms with Gasteiger partial charge < -0.3 is 4.90 Å². The molecule has 0 fully saturated rings. The number of hydrogen-bond donors (Lipinski definition) is 0. The molecule has 0 bridgehead atoms. The summed E-state index contributed by atoms with van der Waals surface area (Å²) in [5.41, 5.74) is 1.05. The molecule has 1 aromatic rings. The molecular formula is C16H25NO3S. The smallest absolute Gasteiger partial charge is 0.223 e. The lowest BCUT2D eigenvalue weighted by Gasteiger charge is -2.21. The van der Waals surface area contributed by atoms with Crippen LogP contribution < -0.4 is 0 Å². The Labute approximate surface area is 128 Å². The predicted molar refractivity (Wildman–Crippen MR) is 85.6 cm³/mol. The van der Waals surface area contributed by atoms with Gasteiger partial charge in [-0.05, 0) is 18.4 Å². The fraction of sp³-hybridized carbons (Fsp3) is 0.562. The molecule has 0 aromatic heterocycles. The highest BCUT2D eigenvalue weighted by atomic mass is 32.2. The van der Waals surface area contributed by atoms with Crippen molar-refractivity contribution in [1.29, 1.82) is 0 Å². The molecule has 0 aliphatic heterocycles. The average molecular weight is 311 g/mol. The summed E-state index contributed by atoms with van der Waals surface area (Å²) in [4.78, 5) is 13.9. The molecule has 0 N–H and O–H groups in total. The molecule has 0 saturated heterocycles. The van der Waals surface area contributed by atoms with Crippen LogP contribution >= 0.6 is 0 Å². The molecule has 118 valence electrons. The van der Waals surface area contributed by atoms with Crippen molar-refractivity contribution in [2.75, 3.05) is 18.1 Å². The van der Waals surface area contributed by atoms with E-state index in [2.05, 4.69) is 0 Å². The summed E-state index contributed by atoms with van der Waals surface area (Å²) < 4.78 is 23.7. The zero-order valence-electron chi connectivity index (χ0n) is 13.1. The molecule has 0 saturated carbocycles. The molecule has 0 unspecified atom stereocenters. The SMILES string of the molecule is CCN(Cc1ccccc1)C(=O)CCS(=O)(=O)CC(C)C. The standard InChI is InChI=1S/C16H25NO3S/c1-4-17(12-15-8-6-5-7-9-15)16(18)10-11-21(19,20)13-14(2)3/h5-9,14H,4,10-13H2,1-3H3. The highest BCUT2D eigenvalue weighted by molar-refractivity contribution is 7.91. The summed E-state index contributed by atoms with van der Waals surface area (Å²) in [6, 6.07) is 9.72. The number of carbonyl (C=O) groups excluding carboxylic acids is 1. The molecule has 0 atom stereocenters. The molecule has 0 spiro atoms. The Morgan fingerprint density at radius 3 is 2.33 bits per heavy atom. The van der Waals surface area contributed by atoms with Gasteiger partial charge in [0.15, 0.2) is 9.84 Å². The Balaban J connectivity index is 2.56. The summed E-state index contributed by atoms with van der Waals surface area (Å²) in [7, 11) is -3.14. The predicted octanol–water partition coefficient (Wildman–Crippen LogP) is 2.50. The van der Waals surface area contributed by atoms with Crippen LogP contribution in [0, 0.1) is 5.92 Å². The number of amides is 1. The van der Waals surface area contributed by atoms with Crippen LogP contribution in [-0.4, -0.2) is 37.3 Å². The third-order valence-corrected chi connectivity index (χ3v) is 5.17. The molecule has 4 nitrogen and oxygen atoms in total. The van der Waals surface area contributed by atoms with Crippen LogP contribution in [0.5, 0.6) is 0 Å². The molecule has 0 heterocycles. The number of rotatable bonds is 8. The van der Waals surface area contributed by atoms with E-state index in [4.69, 9.17) is 0 Å². The van der Waals surface area contributed by atoms with Crippen LogP contribution in [0.2, 0.25) is 0 Å². The monoisotopic (exact) mass is 311 g/mol. The van der Waals surface area contributed by atoms with Crippen LogP contribution in [-0.2, 0) is 21.2 Å². The number of carbonyl (C=O) groups is 1. The molecule has 1 aromatic carbocycles. The van der Waals surface area contributed by atoms with Crippen LogP contribution in [0.3, 0.4) is 0 Å². The number of benzene rings is 1. The lowest BCUT2D eigenvalue weighted by molar-refractivity contribution is -0.131. The van der Waals surface area contributed by atoms with E-state index >= 15 is 0 Å². The second-order valence-corrected chi connectivity index (χ2v) is 7.88. The molecule has 0 radical (unpaired) electrons. The fourth-order valence-corrected chi connectivity index (χ4v) is 3.84. The Morgan fingerprint density at radius 2 is 1.81 bits per heavy atom. The molecule has 5 heteroatoms. The maximum Gasteiger partial charge on any atom is 0.223 e. The highest BCUT2D eigenvalue weighted by Crippen LogP contribution is 2.08. The van der Waals surface area contributed by atoms with E-state index in [0.717, 1.165) is 5.56 Å². The first-order chi connectivity index (χ1) is 9.84. The van der Waals surface area contributed by atoms with Gasteiger partial charge in [0.2, 0.25) is 5.91 Å². The topological polar surface area (TPSA) is 54.5 Å². The summed E-state index contributed by atoms with van der Waals surface area (Å²) in [5, 5.41) is 0. The van der Waals surface area contributed by atoms with Gasteiger partial charge in [-0.1, -0.05) is 44.2 Å². The van der Waals surface area contributed by atoms with E-state index in [1.165, 1.54) is 0 Å². The summed E-state index contributed by atoms with van der Waals surface area (Å²) in [6.45, 7) is 6.75. The molecular weight excluding hydrogens is 286 g/mol. The van der Waals surface area contributed by atoms with Crippen LogP contribution in [0.15, 0.2) is 30.3 Å². The quantitative estimate of drug-likeness (QED) is 0.741. The van der Waals surface area contributed by atoms with Crippen molar-refractivity contribution >= 4 is 15.7 Å². The van der Waals surface area contributed by atoms with E-state index in [1.54, 1.807) is 4.90 Å². The first-order valence-electron chi connectivity index (χ1n) is 7.36. The van der Waals surface area contributed by atoms with Gasteiger partial charge in [0.25, 0.3) is 0 Å². The first kappa shape index (κ1) is 17.7. The van der Waals surface area contributed by atoms with E-state index in [9.17, 15) is 13.2 Å². The van der Waals surface area contributed by atoms with Gasteiger partial charge in [-0.25, -0.2) is 8.42 Å². The molecule has 21 heavy (non-hydrogen) atoms. The maximum atomic E-state index is 12.2. The average Bonchev–Trinajstić information content (AvgIpc) is 2.42. The Kier molecular flexibility index (Phi) is 6.89. The second-order valence-electron chi connectivity index (χ2n) is 5.65. The molecule has 0 aliphatic carbocycles. The first-order valence-corrected chi connectivity index (χ1v) is 9.18. The summed E-state index contributed by atoms with van der Waals surface area (Å²) in [6.07, 6.45) is 0.0652. The Bertz CT molecular complexity index is 538. The van der Waals surface area contributed by atoms with Crippen molar-refractivity contribution in [3.63, 3.8) is 0 Å². The lowest BCUT2D eigenvalue weighted by atomic mass is 10.2. The van der Waals surface area contributed by atoms with E-state index in [0.29, 0.717) is 13.1 Å². The van der Waals surface area contributed by atoms with Crippen molar-refractivity contribution in [2.24, 2.45) is 5.92 Å². The minimum absolute atomic E-state index is 0.0602. The zero-order valence-corrected chi connectivity index (χ0v) is 13.9. The molecule has 0 aliphatic rings. The Hall–Kier alpha value is -1.36. The van der Waals surface area contributed by atoms with Crippen molar-refractivity contribution in [3.05, 3.63) is 35.9 Å². The minimum atomic E-state index is -3.14. The summed E-state index contributed by atoms with van der Waals surface area (Å²) in [5.74, 6) is 0.0748. The molecule has 1 rings (SSSR count). The highest BCUT2D eigenvalue weighted by Gasteiger charge is 2.18. The van der Waals surface area contributed by atoms with Crippen molar-refractivity contribution in [3.8, 4) is 0 Å². The number of hydrogen-bond acceptors (Lipinski definition) is 3. The van der Waals surface area contributed by atoms with E-state index in [1.807, 2.05) is 51.1 Å². The van der Waals surface area contributed by atoms with Gasteiger partial charge in [0.05, 0.1) is 11.5 Å². The zero-order chi connectivity index (χ0) is 15.9. The fourth-order valence-electron chi connectivity index (χ4n) is 2.17. The van der Waals surface area contributed by atoms with E-state index < -0.39 is 9.84 Å². The maximum absolute atomic E-state index is 12.2. The van der Waals surface area contributed by atoms with Gasteiger partial charge in [-0.2, -0.15) is 0 Å². The third kappa shape index (κ3) is 6.76. The Morgan fingerprint density at radius 1 is 1.19 bits per heavy atom. The van der Waals surface area contributed by atoms with Crippen molar-refractivity contribution in [1.82, 2.24) is 4.90 Å². The minimum Gasteiger partial charge on any atom is -0.339 e. The van der Waals surface area contributed by atoms with Crippen molar-refractivity contribution < 1.29 is 13.2 Å². The third-order valence-electron chi connectivity index (χ3n) is 3.16. The van der Waals surface area contributed by atoms with Gasteiger partial charge in [-0.3, -0.25) is 4.79 Å². The normalized spacial score (nSPS) is 11.6. The van der Waals surface area contributed by atoms with Crippen molar-refractivity contribution in [2.45, 2.75) is 33.7 Å². The van der Waals surface area contributed by atoms with Crippen LogP contribution in [0.1, 0.15) is 32.8 Å². The van der Waals surface area contributed by atoms with Gasteiger partial charge in [0.1, 0.15) is 0 Å².